The average Bonchev–Trinajstić information content (AvgIpc) is 2.81. The Morgan fingerprint density at radius 2 is 1.50 bits per heavy atom. The summed E-state index contributed by atoms with van der Waals surface area (Å²) in [5.74, 6) is 0.234. The van der Waals surface area contributed by atoms with Gasteiger partial charge in [0, 0.05) is 7.05 Å². The van der Waals surface area contributed by atoms with E-state index in [1.165, 1.54) is 11.8 Å². The molecule has 28 heavy (non-hydrogen) atoms. The summed E-state index contributed by atoms with van der Waals surface area (Å²) in [7, 11) is 1.62. The Hall–Kier alpha value is -2.21. The Bertz CT molecular complexity index is 751. The number of rotatable bonds is 5. The number of amides is 1. The summed E-state index contributed by atoms with van der Waals surface area (Å²) in [6.45, 7) is 8.00. The highest BCUT2D eigenvalue weighted by Crippen LogP contribution is 2.29. The molecular weight excluding hydrogens is 368 g/mol. The fourth-order valence-electron chi connectivity index (χ4n) is 2.55. The van der Waals surface area contributed by atoms with Gasteiger partial charge >= 0.3 is 0 Å². The minimum atomic E-state index is -0.0519. The minimum Gasteiger partial charge on any atom is -0.358 e. The standard InChI is InChI=1S/C18H20N4OS.2C2H6/c1-19-15(23)12-24-18-20-16(13-8-4-2-5-9-13)17(21-22-18)14-10-6-3-7-11-14;2*1-2/h4,6,8-11H,2-3,5,7,12H2,1H3,(H,19,23);2*1-2H3. The molecule has 1 N–H and O–H groups in total. The van der Waals surface area contributed by atoms with Crippen molar-refractivity contribution < 1.29 is 4.79 Å². The number of aromatic nitrogens is 3. The lowest BCUT2D eigenvalue weighted by Crippen LogP contribution is -2.20. The van der Waals surface area contributed by atoms with Gasteiger partial charge in [0.05, 0.1) is 5.75 Å². The molecule has 0 aliphatic heterocycles. The first kappa shape index (κ1) is 23.8. The van der Waals surface area contributed by atoms with E-state index in [-0.39, 0.29) is 11.7 Å². The van der Waals surface area contributed by atoms with Crippen molar-refractivity contribution in [2.45, 2.75) is 58.5 Å². The predicted molar refractivity (Wildman–Crippen MR) is 120 cm³/mol. The largest absolute Gasteiger partial charge is 0.358 e. The zero-order chi connectivity index (χ0) is 20.8. The van der Waals surface area contributed by atoms with Crippen LogP contribution in [0.3, 0.4) is 0 Å². The molecule has 3 rings (SSSR count). The number of thioether (sulfide) groups is 1. The molecule has 0 saturated carbocycles. The molecule has 1 aromatic rings. The molecule has 0 fully saturated rings. The molecule has 2 aliphatic rings. The third-order valence-electron chi connectivity index (χ3n) is 3.82. The average molecular weight is 401 g/mol. The number of carbonyl (C=O) groups excluding carboxylic acids is 1. The molecule has 0 aromatic carbocycles. The SMILES string of the molecule is CC.CC.CNC(=O)CSc1nnc(C2=CCCC=C2)c(C2=CCCC=C2)n1. The fraction of sp³-hybridized carbons (Fsp3) is 0.455. The van der Waals surface area contributed by atoms with Gasteiger partial charge in [0.25, 0.3) is 0 Å². The van der Waals surface area contributed by atoms with Crippen LogP contribution < -0.4 is 5.32 Å². The second-order valence-corrected chi connectivity index (χ2v) is 6.47. The molecule has 5 nitrogen and oxygen atoms in total. The van der Waals surface area contributed by atoms with Gasteiger partial charge in [0.1, 0.15) is 11.4 Å². The molecule has 152 valence electrons. The summed E-state index contributed by atoms with van der Waals surface area (Å²) in [4.78, 5) is 16.1. The Morgan fingerprint density at radius 3 is 2.00 bits per heavy atom. The second-order valence-electron chi connectivity index (χ2n) is 5.53. The van der Waals surface area contributed by atoms with Crippen molar-refractivity contribution in [2.24, 2.45) is 0 Å². The van der Waals surface area contributed by atoms with Gasteiger partial charge in [0.15, 0.2) is 0 Å². The van der Waals surface area contributed by atoms with Crippen LogP contribution >= 0.6 is 11.8 Å². The predicted octanol–water partition coefficient (Wildman–Crippen LogP) is 5.23. The van der Waals surface area contributed by atoms with Crippen LogP contribution in [0.25, 0.3) is 11.1 Å². The maximum absolute atomic E-state index is 11.4. The van der Waals surface area contributed by atoms with Crippen LogP contribution in [0.1, 0.15) is 64.8 Å². The van der Waals surface area contributed by atoms with E-state index in [0.29, 0.717) is 5.16 Å². The maximum atomic E-state index is 11.4. The molecule has 0 atom stereocenters. The Balaban J connectivity index is 0.000000921. The number of nitrogens with one attached hydrogen (secondary N) is 1. The number of hydrogen-bond donors (Lipinski definition) is 1. The van der Waals surface area contributed by atoms with Crippen LogP contribution in [0.15, 0.2) is 41.6 Å². The number of allylic oxidation sites excluding steroid dienone is 8. The van der Waals surface area contributed by atoms with Crippen molar-refractivity contribution in [3.8, 4) is 0 Å². The van der Waals surface area contributed by atoms with Gasteiger partial charge in [-0.25, -0.2) is 4.98 Å². The van der Waals surface area contributed by atoms with Crippen molar-refractivity contribution in [2.75, 3.05) is 12.8 Å². The van der Waals surface area contributed by atoms with Gasteiger partial charge in [-0.05, 0) is 36.8 Å². The smallest absolute Gasteiger partial charge is 0.230 e. The zero-order valence-corrected chi connectivity index (χ0v) is 18.5. The molecular formula is C22H32N4OS. The lowest BCUT2D eigenvalue weighted by Gasteiger charge is -2.13. The molecule has 0 spiro atoms. The lowest BCUT2D eigenvalue weighted by atomic mass is 9.97. The summed E-state index contributed by atoms with van der Waals surface area (Å²) in [5.41, 5.74) is 3.80. The molecule has 0 radical (unpaired) electrons. The molecule has 1 amide bonds. The van der Waals surface area contributed by atoms with E-state index in [9.17, 15) is 4.79 Å². The van der Waals surface area contributed by atoms with E-state index in [0.717, 1.165) is 48.2 Å². The van der Waals surface area contributed by atoms with Gasteiger partial charge in [-0.3, -0.25) is 4.79 Å². The van der Waals surface area contributed by atoms with Crippen LogP contribution in [0.5, 0.6) is 0 Å². The van der Waals surface area contributed by atoms with Crippen LogP contribution in [0, 0.1) is 0 Å². The summed E-state index contributed by atoms with van der Waals surface area (Å²) < 4.78 is 0. The highest BCUT2D eigenvalue weighted by molar-refractivity contribution is 7.99. The van der Waals surface area contributed by atoms with Crippen LogP contribution in [0.4, 0.5) is 0 Å². The molecule has 0 bridgehead atoms. The quantitative estimate of drug-likeness (QED) is 0.686. The number of carbonyl (C=O) groups is 1. The first-order valence-electron chi connectivity index (χ1n) is 10.1. The Kier molecular flexibility index (Phi) is 11.8. The van der Waals surface area contributed by atoms with E-state index in [1.54, 1.807) is 7.05 Å². The summed E-state index contributed by atoms with van der Waals surface area (Å²) >= 11 is 1.30. The Labute approximate surface area is 173 Å². The normalized spacial score (nSPS) is 14.6. The summed E-state index contributed by atoms with van der Waals surface area (Å²) in [6, 6.07) is 0. The van der Waals surface area contributed by atoms with E-state index in [2.05, 4.69) is 52.0 Å². The first-order chi connectivity index (χ1) is 13.8. The van der Waals surface area contributed by atoms with Gasteiger partial charge in [-0.1, -0.05) is 75.9 Å². The molecule has 6 heteroatoms. The van der Waals surface area contributed by atoms with Crippen molar-refractivity contribution >= 4 is 28.8 Å². The highest BCUT2D eigenvalue weighted by Gasteiger charge is 2.17. The van der Waals surface area contributed by atoms with E-state index >= 15 is 0 Å². The van der Waals surface area contributed by atoms with E-state index in [1.807, 2.05) is 27.7 Å². The van der Waals surface area contributed by atoms with Crippen molar-refractivity contribution in [1.82, 2.24) is 20.5 Å². The first-order valence-corrected chi connectivity index (χ1v) is 11.1. The topological polar surface area (TPSA) is 67.8 Å². The summed E-state index contributed by atoms with van der Waals surface area (Å²) in [6.07, 6.45) is 17.0. The molecule has 1 aromatic heterocycles. The summed E-state index contributed by atoms with van der Waals surface area (Å²) in [5, 5.41) is 11.8. The molecule has 1 heterocycles. The van der Waals surface area contributed by atoms with E-state index in [4.69, 9.17) is 4.98 Å². The third-order valence-corrected chi connectivity index (χ3v) is 4.65. The highest BCUT2D eigenvalue weighted by atomic mass is 32.2. The van der Waals surface area contributed by atoms with Crippen molar-refractivity contribution in [3.05, 3.63) is 47.8 Å². The number of nitrogens with zero attached hydrogens (tertiary/aromatic N) is 3. The fourth-order valence-corrected chi connectivity index (χ4v) is 3.21. The van der Waals surface area contributed by atoms with Gasteiger partial charge in [-0.15, -0.1) is 10.2 Å². The Morgan fingerprint density at radius 1 is 0.929 bits per heavy atom. The third kappa shape index (κ3) is 7.08. The van der Waals surface area contributed by atoms with Crippen molar-refractivity contribution in [3.63, 3.8) is 0 Å². The second kappa shape index (κ2) is 13.9. The zero-order valence-electron chi connectivity index (χ0n) is 17.7. The molecule has 0 unspecified atom stereocenters. The van der Waals surface area contributed by atoms with Crippen LogP contribution in [-0.4, -0.2) is 33.9 Å². The minimum absolute atomic E-state index is 0.0519. The monoisotopic (exact) mass is 400 g/mol. The molecule has 2 aliphatic carbocycles. The van der Waals surface area contributed by atoms with Crippen LogP contribution in [-0.2, 0) is 4.79 Å². The molecule has 0 saturated heterocycles. The van der Waals surface area contributed by atoms with Gasteiger partial charge < -0.3 is 5.32 Å². The maximum Gasteiger partial charge on any atom is 0.230 e. The number of hydrogen-bond acceptors (Lipinski definition) is 5. The van der Waals surface area contributed by atoms with Crippen LogP contribution in [0.2, 0.25) is 0 Å². The van der Waals surface area contributed by atoms with Gasteiger partial charge in [-0.2, -0.15) is 0 Å². The van der Waals surface area contributed by atoms with Crippen molar-refractivity contribution in [1.29, 1.82) is 0 Å². The van der Waals surface area contributed by atoms with Gasteiger partial charge in [0.2, 0.25) is 11.1 Å². The van der Waals surface area contributed by atoms with E-state index < -0.39 is 0 Å². The lowest BCUT2D eigenvalue weighted by molar-refractivity contribution is -0.118.